The summed E-state index contributed by atoms with van der Waals surface area (Å²) in [5.41, 5.74) is 0. The Morgan fingerprint density at radius 1 is 1.25 bits per heavy atom. The van der Waals surface area contributed by atoms with E-state index in [9.17, 15) is 0 Å². The lowest BCUT2D eigenvalue weighted by Gasteiger charge is -2.26. The molecule has 0 atom stereocenters. The van der Waals surface area contributed by atoms with Crippen molar-refractivity contribution in [1.82, 2.24) is 14.9 Å². The summed E-state index contributed by atoms with van der Waals surface area (Å²) in [6, 6.07) is 1.79. The van der Waals surface area contributed by atoms with Crippen LogP contribution in [-0.4, -0.2) is 41.1 Å². The highest BCUT2D eigenvalue weighted by atomic mass is 16.5. The number of hydrogen-bond donors (Lipinski definition) is 0. The van der Waals surface area contributed by atoms with Crippen LogP contribution in [0.3, 0.4) is 0 Å². The molecule has 0 unspecified atom stereocenters. The topological polar surface area (TPSA) is 38.2 Å². The molecule has 0 amide bonds. The summed E-state index contributed by atoms with van der Waals surface area (Å²) in [4.78, 5) is 10.4. The maximum atomic E-state index is 5.52. The molecule has 4 heteroatoms. The smallest absolute Gasteiger partial charge is 0.216 e. The summed E-state index contributed by atoms with van der Waals surface area (Å²) in [7, 11) is 0. The summed E-state index contributed by atoms with van der Waals surface area (Å²) in [5.74, 6) is 0.675. The fourth-order valence-electron chi connectivity index (χ4n) is 2.01. The van der Waals surface area contributed by atoms with Crippen molar-refractivity contribution in [3.63, 3.8) is 0 Å². The van der Waals surface area contributed by atoms with E-state index < -0.39 is 0 Å². The van der Waals surface area contributed by atoms with Crippen LogP contribution in [0.2, 0.25) is 0 Å². The molecule has 1 fully saturated rings. The third-order valence-corrected chi connectivity index (χ3v) is 2.87. The minimum atomic E-state index is 0.675. The summed E-state index contributed by atoms with van der Waals surface area (Å²) in [6.45, 7) is 4.40. The van der Waals surface area contributed by atoms with Gasteiger partial charge in [0.1, 0.15) is 6.33 Å². The van der Waals surface area contributed by atoms with Gasteiger partial charge in [-0.05, 0) is 32.4 Å². The Kier molecular flexibility index (Phi) is 4.55. The first-order valence-corrected chi connectivity index (χ1v) is 6.06. The lowest BCUT2D eigenvalue weighted by atomic mass is 10.1. The van der Waals surface area contributed by atoms with E-state index in [1.165, 1.54) is 38.7 Å². The minimum absolute atomic E-state index is 0.675. The number of rotatable bonds is 5. The number of nitrogens with zero attached hydrogens (tertiary/aromatic N) is 3. The first-order chi connectivity index (χ1) is 7.95. The maximum Gasteiger partial charge on any atom is 0.216 e. The Balaban J connectivity index is 1.58. The van der Waals surface area contributed by atoms with Gasteiger partial charge in [-0.25, -0.2) is 9.97 Å². The second kappa shape index (κ2) is 6.43. The first-order valence-electron chi connectivity index (χ1n) is 6.06. The normalized spacial score (nSPS) is 17.2. The van der Waals surface area contributed by atoms with Crippen LogP contribution in [0, 0.1) is 0 Å². The van der Waals surface area contributed by atoms with Crippen molar-refractivity contribution in [2.45, 2.75) is 25.7 Å². The Morgan fingerprint density at radius 3 is 2.88 bits per heavy atom. The zero-order valence-electron chi connectivity index (χ0n) is 9.64. The van der Waals surface area contributed by atoms with Crippen molar-refractivity contribution in [2.75, 3.05) is 26.2 Å². The molecule has 0 N–H and O–H groups in total. The van der Waals surface area contributed by atoms with Crippen LogP contribution in [0.25, 0.3) is 0 Å². The molecule has 1 aliphatic heterocycles. The molecule has 0 aromatic carbocycles. The van der Waals surface area contributed by atoms with Gasteiger partial charge in [0, 0.05) is 18.8 Å². The van der Waals surface area contributed by atoms with Gasteiger partial charge in [0.25, 0.3) is 0 Å². The van der Waals surface area contributed by atoms with E-state index in [0.717, 1.165) is 19.6 Å². The van der Waals surface area contributed by atoms with Crippen molar-refractivity contribution < 1.29 is 4.74 Å². The number of ether oxygens (including phenoxy) is 1. The second-order valence-electron chi connectivity index (χ2n) is 4.15. The number of likely N-dealkylation sites (tertiary alicyclic amines) is 1. The fourth-order valence-corrected chi connectivity index (χ4v) is 2.01. The van der Waals surface area contributed by atoms with Crippen LogP contribution >= 0.6 is 0 Å². The van der Waals surface area contributed by atoms with Gasteiger partial charge in [0.2, 0.25) is 5.88 Å². The first kappa shape index (κ1) is 11.3. The summed E-state index contributed by atoms with van der Waals surface area (Å²) in [5, 5.41) is 0. The number of hydrogen-bond acceptors (Lipinski definition) is 4. The Bertz CT molecular complexity index is 286. The second-order valence-corrected chi connectivity index (χ2v) is 4.15. The standard InChI is InChI=1S/C12H19N3O/c1-2-7-15(8-3-1)9-4-10-16-12-5-6-13-11-14-12/h5-6,11H,1-4,7-10H2. The maximum absolute atomic E-state index is 5.52. The lowest BCUT2D eigenvalue weighted by Crippen LogP contribution is -2.31. The molecule has 88 valence electrons. The summed E-state index contributed by atoms with van der Waals surface area (Å²) >= 11 is 0. The molecule has 4 nitrogen and oxygen atoms in total. The zero-order chi connectivity index (χ0) is 11.1. The van der Waals surface area contributed by atoms with Gasteiger partial charge < -0.3 is 9.64 Å². The van der Waals surface area contributed by atoms with Gasteiger partial charge in [-0.1, -0.05) is 6.42 Å². The third-order valence-electron chi connectivity index (χ3n) is 2.87. The fraction of sp³-hybridized carbons (Fsp3) is 0.667. The number of piperidine rings is 1. The van der Waals surface area contributed by atoms with Crippen molar-refractivity contribution in [2.24, 2.45) is 0 Å². The highest BCUT2D eigenvalue weighted by Crippen LogP contribution is 2.09. The van der Waals surface area contributed by atoms with Crippen LogP contribution in [0.15, 0.2) is 18.6 Å². The molecule has 16 heavy (non-hydrogen) atoms. The van der Waals surface area contributed by atoms with E-state index in [4.69, 9.17) is 4.74 Å². The van der Waals surface area contributed by atoms with Gasteiger partial charge in [-0.2, -0.15) is 0 Å². The number of aromatic nitrogens is 2. The molecular formula is C12H19N3O. The Morgan fingerprint density at radius 2 is 2.12 bits per heavy atom. The van der Waals surface area contributed by atoms with Crippen molar-refractivity contribution in [3.05, 3.63) is 18.6 Å². The summed E-state index contributed by atoms with van der Waals surface area (Å²) < 4.78 is 5.52. The van der Waals surface area contributed by atoms with Gasteiger partial charge in [-0.3, -0.25) is 0 Å². The quantitative estimate of drug-likeness (QED) is 0.710. The highest BCUT2D eigenvalue weighted by molar-refractivity contribution is 5.03. The van der Waals surface area contributed by atoms with Crippen LogP contribution in [0.1, 0.15) is 25.7 Å². The molecule has 1 saturated heterocycles. The van der Waals surface area contributed by atoms with E-state index in [2.05, 4.69) is 14.9 Å². The average Bonchev–Trinajstić information content (AvgIpc) is 2.37. The van der Waals surface area contributed by atoms with Crippen LogP contribution in [-0.2, 0) is 0 Å². The SMILES string of the molecule is c1cc(OCCCN2CCCCC2)ncn1. The molecule has 0 spiro atoms. The Hall–Kier alpha value is -1.16. The molecule has 1 aromatic heterocycles. The molecule has 1 aromatic rings. The van der Waals surface area contributed by atoms with Crippen LogP contribution in [0.5, 0.6) is 5.88 Å². The van der Waals surface area contributed by atoms with Gasteiger partial charge in [0.15, 0.2) is 0 Å². The van der Waals surface area contributed by atoms with Crippen molar-refractivity contribution in [3.8, 4) is 5.88 Å². The highest BCUT2D eigenvalue weighted by Gasteiger charge is 2.08. The molecular weight excluding hydrogens is 202 g/mol. The monoisotopic (exact) mass is 221 g/mol. The zero-order valence-corrected chi connectivity index (χ0v) is 9.64. The Labute approximate surface area is 96.7 Å². The van der Waals surface area contributed by atoms with Gasteiger partial charge in [0.05, 0.1) is 6.61 Å². The average molecular weight is 221 g/mol. The largest absolute Gasteiger partial charge is 0.478 e. The van der Waals surface area contributed by atoms with Gasteiger partial charge in [-0.15, -0.1) is 0 Å². The molecule has 0 radical (unpaired) electrons. The van der Waals surface area contributed by atoms with Crippen molar-refractivity contribution >= 4 is 0 Å². The van der Waals surface area contributed by atoms with E-state index in [0.29, 0.717) is 5.88 Å². The van der Waals surface area contributed by atoms with E-state index in [-0.39, 0.29) is 0 Å². The van der Waals surface area contributed by atoms with E-state index >= 15 is 0 Å². The van der Waals surface area contributed by atoms with E-state index in [1.54, 1.807) is 12.3 Å². The molecule has 0 aliphatic carbocycles. The molecule has 1 aliphatic rings. The van der Waals surface area contributed by atoms with Crippen LogP contribution in [0.4, 0.5) is 0 Å². The lowest BCUT2D eigenvalue weighted by molar-refractivity contribution is 0.203. The molecule has 0 bridgehead atoms. The van der Waals surface area contributed by atoms with Crippen molar-refractivity contribution in [1.29, 1.82) is 0 Å². The predicted octanol–water partition coefficient (Wildman–Crippen LogP) is 1.73. The predicted molar refractivity (Wildman–Crippen MR) is 62.4 cm³/mol. The molecule has 2 rings (SSSR count). The van der Waals surface area contributed by atoms with Crippen LogP contribution < -0.4 is 4.74 Å². The molecule has 2 heterocycles. The molecule has 0 saturated carbocycles. The van der Waals surface area contributed by atoms with E-state index in [1.807, 2.05) is 0 Å². The minimum Gasteiger partial charge on any atom is -0.478 e. The third kappa shape index (κ3) is 3.77. The summed E-state index contributed by atoms with van der Waals surface area (Å²) in [6.07, 6.45) is 8.39. The van der Waals surface area contributed by atoms with Gasteiger partial charge >= 0.3 is 0 Å².